The predicted octanol–water partition coefficient (Wildman–Crippen LogP) is 16.3. The van der Waals surface area contributed by atoms with E-state index in [0.29, 0.717) is 0 Å². The molecule has 2 aromatic heterocycles. The Labute approximate surface area is 358 Å². The van der Waals surface area contributed by atoms with Gasteiger partial charge in [0.25, 0.3) is 0 Å². The normalized spacial score (nSPS) is 11.9. The van der Waals surface area contributed by atoms with Gasteiger partial charge in [-0.15, -0.1) is 0 Å². The number of benzene rings is 11. The largest absolute Gasteiger partial charge is 0.309 e. The summed E-state index contributed by atoms with van der Waals surface area (Å²) in [5, 5.41) is 12.7. The molecule has 0 N–H and O–H groups in total. The molecule has 11 aromatic carbocycles. The highest BCUT2D eigenvalue weighted by Crippen LogP contribution is 2.40. The van der Waals surface area contributed by atoms with Crippen LogP contribution in [0.2, 0.25) is 0 Å². The van der Waals surface area contributed by atoms with Gasteiger partial charge in [-0.1, -0.05) is 164 Å². The van der Waals surface area contributed by atoms with Crippen molar-refractivity contribution in [1.82, 2.24) is 9.13 Å². The van der Waals surface area contributed by atoms with Crippen molar-refractivity contribution in [3.63, 3.8) is 0 Å². The van der Waals surface area contributed by atoms with Crippen LogP contribution in [-0.4, -0.2) is 9.13 Å². The molecule has 0 unspecified atom stereocenters. The zero-order valence-electron chi connectivity index (χ0n) is 33.8. The monoisotopic (exact) mass is 786 g/mol. The van der Waals surface area contributed by atoms with Crippen LogP contribution in [0.3, 0.4) is 0 Å². The van der Waals surface area contributed by atoms with E-state index in [1.165, 1.54) is 109 Å². The Balaban J connectivity index is 0.895. The van der Waals surface area contributed by atoms with E-state index in [-0.39, 0.29) is 0 Å². The smallest absolute Gasteiger partial charge is 0.0541 e. The highest BCUT2D eigenvalue weighted by molar-refractivity contribution is 6.18. The standard InChI is InChI=1S/C60H38N2/c1-2-11-39(12-3-1)40-21-28-47(29-22-40)61-57-19-8-6-17-53(57)55-37-44(26-33-59(55)61)45-27-34-60-56(38-45)54-18-7-9-20-58(54)62(60)48-15-10-14-42(36-48)43-24-30-50-46(35-43)25-32-51-49-16-5-4-13-41(49)23-31-52(50)51/h1-38H. The Kier molecular flexibility index (Phi) is 7.64. The van der Waals surface area contributed by atoms with Gasteiger partial charge in [-0.05, 0) is 132 Å². The summed E-state index contributed by atoms with van der Waals surface area (Å²) in [5.41, 5.74) is 14.4. The maximum atomic E-state index is 2.43. The van der Waals surface area contributed by atoms with Crippen molar-refractivity contribution in [2.75, 3.05) is 0 Å². The molecule has 62 heavy (non-hydrogen) atoms. The van der Waals surface area contributed by atoms with Crippen LogP contribution in [0.1, 0.15) is 0 Å². The van der Waals surface area contributed by atoms with Gasteiger partial charge < -0.3 is 9.13 Å². The summed E-state index contributed by atoms with van der Waals surface area (Å²) in [4.78, 5) is 0. The minimum Gasteiger partial charge on any atom is -0.309 e. The van der Waals surface area contributed by atoms with Gasteiger partial charge in [0.2, 0.25) is 0 Å². The SMILES string of the molecule is c1ccc(-c2ccc(-n3c4ccccc4c4cc(-c5ccc6c(c5)c5ccccc5n6-c5cccc(-c6ccc7c(ccc8c9ccccc9ccc78)c6)c5)ccc43)cc2)cc1. The number of aromatic nitrogens is 2. The number of nitrogens with zero attached hydrogens (tertiary/aromatic N) is 2. The highest BCUT2D eigenvalue weighted by atomic mass is 15.0. The number of fused-ring (bicyclic) bond motifs is 11. The van der Waals surface area contributed by atoms with Crippen LogP contribution >= 0.6 is 0 Å². The van der Waals surface area contributed by atoms with Crippen LogP contribution in [-0.2, 0) is 0 Å². The molecule has 2 heteroatoms. The molecule has 2 nitrogen and oxygen atoms in total. The molecule has 0 saturated carbocycles. The van der Waals surface area contributed by atoms with Gasteiger partial charge >= 0.3 is 0 Å². The summed E-state index contributed by atoms with van der Waals surface area (Å²) in [6.07, 6.45) is 0. The van der Waals surface area contributed by atoms with Crippen LogP contribution in [0.25, 0.3) is 121 Å². The predicted molar refractivity (Wildman–Crippen MR) is 264 cm³/mol. The van der Waals surface area contributed by atoms with Crippen LogP contribution in [0.4, 0.5) is 0 Å². The zero-order chi connectivity index (χ0) is 40.7. The molecule has 2 heterocycles. The van der Waals surface area contributed by atoms with Crippen molar-refractivity contribution in [2.45, 2.75) is 0 Å². The summed E-state index contributed by atoms with van der Waals surface area (Å²) in [6.45, 7) is 0. The average molecular weight is 787 g/mol. The summed E-state index contributed by atoms with van der Waals surface area (Å²) in [5.74, 6) is 0. The van der Waals surface area contributed by atoms with E-state index in [4.69, 9.17) is 0 Å². The molecule has 13 aromatic rings. The second-order valence-electron chi connectivity index (χ2n) is 16.5. The highest BCUT2D eigenvalue weighted by Gasteiger charge is 2.17. The third-order valence-corrected chi connectivity index (χ3v) is 13.1. The molecule has 0 aliphatic rings. The molecule has 13 rings (SSSR count). The Hall–Kier alpha value is -8.20. The van der Waals surface area contributed by atoms with Crippen LogP contribution in [0.5, 0.6) is 0 Å². The average Bonchev–Trinajstić information content (AvgIpc) is 3.86. The van der Waals surface area contributed by atoms with Crippen LogP contribution in [0.15, 0.2) is 231 Å². The minimum absolute atomic E-state index is 1.15. The van der Waals surface area contributed by atoms with Gasteiger partial charge in [0.15, 0.2) is 0 Å². The molecule has 0 saturated heterocycles. The van der Waals surface area contributed by atoms with Crippen LogP contribution < -0.4 is 0 Å². The first-order chi connectivity index (χ1) is 30.7. The Bertz CT molecular complexity index is 3900. The lowest BCUT2D eigenvalue weighted by molar-refractivity contribution is 1.18. The molecule has 0 spiro atoms. The zero-order valence-corrected chi connectivity index (χ0v) is 33.8. The molecular weight excluding hydrogens is 749 g/mol. The van der Waals surface area contributed by atoms with Gasteiger partial charge in [-0.3, -0.25) is 0 Å². The van der Waals surface area contributed by atoms with Crippen molar-refractivity contribution in [3.05, 3.63) is 231 Å². The maximum Gasteiger partial charge on any atom is 0.0541 e. The van der Waals surface area contributed by atoms with E-state index in [0.717, 1.165) is 11.4 Å². The van der Waals surface area contributed by atoms with Gasteiger partial charge in [0.1, 0.15) is 0 Å². The lowest BCUT2D eigenvalue weighted by Gasteiger charge is -2.12. The lowest BCUT2D eigenvalue weighted by Crippen LogP contribution is -1.94. The second kappa shape index (κ2) is 13.7. The number of rotatable bonds is 5. The summed E-state index contributed by atoms with van der Waals surface area (Å²) in [7, 11) is 0. The van der Waals surface area contributed by atoms with E-state index >= 15 is 0 Å². The molecule has 288 valence electrons. The second-order valence-corrected chi connectivity index (χ2v) is 16.5. The number of hydrogen-bond donors (Lipinski definition) is 0. The molecular formula is C60H38N2. The van der Waals surface area contributed by atoms with Crippen molar-refractivity contribution in [1.29, 1.82) is 0 Å². The minimum atomic E-state index is 1.15. The van der Waals surface area contributed by atoms with Crippen molar-refractivity contribution in [2.24, 2.45) is 0 Å². The molecule has 0 aliphatic carbocycles. The fourth-order valence-electron chi connectivity index (χ4n) is 10.1. The fraction of sp³-hybridized carbons (Fsp3) is 0. The van der Waals surface area contributed by atoms with E-state index in [1.807, 2.05) is 0 Å². The first-order valence-electron chi connectivity index (χ1n) is 21.4. The Morgan fingerprint density at radius 1 is 0.194 bits per heavy atom. The molecule has 0 fully saturated rings. The van der Waals surface area contributed by atoms with Crippen molar-refractivity contribution in [3.8, 4) is 44.8 Å². The summed E-state index contributed by atoms with van der Waals surface area (Å²) < 4.78 is 4.83. The van der Waals surface area contributed by atoms with Gasteiger partial charge in [-0.25, -0.2) is 0 Å². The third kappa shape index (κ3) is 5.37. The van der Waals surface area contributed by atoms with E-state index in [2.05, 4.69) is 240 Å². The topological polar surface area (TPSA) is 9.86 Å². The number of hydrogen-bond acceptors (Lipinski definition) is 0. The van der Waals surface area contributed by atoms with Crippen LogP contribution in [0, 0.1) is 0 Å². The molecule has 0 radical (unpaired) electrons. The van der Waals surface area contributed by atoms with E-state index in [9.17, 15) is 0 Å². The first kappa shape index (κ1) is 34.6. The van der Waals surface area contributed by atoms with Crippen molar-refractivity contribution >= 4 is 75.9 Å². The molecule has 0 amide bonds. The quantitative estimate of drug-likeness (QED) is 0.154. The first-order valence-corrected chi connectivity index (χ1v) is 21.4. The molecule has 0 bridgehead atoms. The lowest BCUT2D eigenvalue weighted by atomic mass is 9.95. The summed E-state index contributed by atoms with van der Waals surface area (Å²) >= 11 is 0. The van der Waals surface area contributed by atoms with E-state index < -0.39 is 0 Å². The maximum absolute atomic E-state index is 2.43. The Morgan fingerprint density at radius 2 is 0.645 bits per heavy atom. The Morgan fingerprint density at radius 3 is 1.34 bits per heavy atom. The number of para-hydroxylation sites is 2. The van der Waals surface area contributed by atoms with E-state index in [1.54, 1.807) is 0 Å². The van der Waals surface area contributed by atoms with Gasteiger partial charge in [0, 0.05) is 32.9 Å². The summed E-state index contributed by atoms with van der Waals surface area (Å²) in [6, 6.07) is 84.8. The molecule has 0 aliphatic heterocycles. The third-order valence-electron chi connectivity index (χ3n) is 13.1. The molecule has 0 atom stereocenters. The fourth-order valence-corrected chi connectivity index (χ4v) is 10.1. The van der Waals surface area contributed by atoms with Gasteiger partial charge in [0.05, 0.1) is 22.1 Å². The van der Waals surface area contributed by atoms with Crippen molar-refractivity contribution < 1.29 is 0 Å². The van der Waals surface area contributed by atoms with Gasteiger partial charge in [-0.2, -0.15) is 0 Å².